The molecule has 0 aromatic carbocycles. The number of pyridine rings is 1. The Morgan fingerprint density at radius 2 is 2.15 bits per heavy atom. The second-order valence-electron chi connectivity index (χ2n) is 3.28. The number of halogens is 1. The van der Waals surface area contributed by atoms with Gasteiger partial charge in [-0.25, -0.2) is 4.98 Å². The van der Waals surface area contributed by atoms with Gasteiger partial charge in [-0.3, -0.25) is 0 Å². The maximum atomic E-state index is 5.55. The van der Waals surface area contributed by atoms with E-state index in [9.17, 15) is 0 Å². The van der Waals surface area contributed by atoms with E-state index in [-0.39, 0.29) is 0 Å². The molecule has 0 unspecified atom stereocenters. The van der Waals surface area contributed by atoms with Crippen molar-refractivity contribution in [2.75, 3.05) is 0 Å². The van der Waals surface area contributed by atoms with E-state index in [1.165, 1.54) is 12.8 Å². The third-order valence-electron chi connectivity index (χ3n) is 2.16. The zero-order chi connectivity index (χ0) is 8.84. The van der Waals surface area contributed by atoms with Gasteiger partial charge in [0.15, 0.2) is 17.1 Å². The van der Waals surface area contributed by atoms with Crippen LogP contribution in [0.2, 0.25) is 0 Å². The van der Waals surface area contributed by atoms with Crippen molar-refractivity contribution in [2.24, 2.45) is 0 Å². The van der Waals surface area contributed by atoms with Gasteiger partial charge >= 0.3 is 0 Å². The molecule has 2 aromatic rings. The highest BCUT2D eigenvalue weighted by molar-refractivity contribution is 9.10. The lowest BCUT2D eigenvalue weighted by Crippen LogP contribution is -1.78. The van der Waals surface area contributed by atoms with Crippen molar-refractivity contribution in [3.63, 3.8) is 0 Å². The molecule has 0 atom stereocenters. The number of oxazole rings is 1. The molecule has 0 aliphatic heterocycles. The van der Waals surface area contributed by atoms with Crippen LogP contribution in [0.15, 0.2) is 21.2 Å². The van der Waals surface area contributed by atoms with E-state index >= 15 is 0 Å². The third kappa shape index (κ3) is 1.25. The molecule has 2 aromatic heterocycles. The SMILES string of the molecule is Brc1ccc2oc(C3CC3)nc2n1. The maximum Gasteiger partial charge on any atom is 0.200 e. The second kappa shape index (κ2) is 2.54. The Bertz CT molecular complexity index is 462. The van der Waals surface area contributed by atoms with E-state index in [0.29, 0.717) is 11.6 Å². The van der Waals surface area contributed by atoms with E-state index in [1.807, 2.05) is 12.1 Å². The molecule has 1 fully saturated rings. The van der Waals surface area contributed by atoms with E-state index in [1.54, 1.807) is 0 Å². The smallest absolute Gasteiger partial charge is 0.200 e. The summed E-state index contributed by atoms with van der Waals surface area (Å²) in [5, 5.41) is 0. The topological polar surface area (TPSA) is 38.9 Å². The van der Waals surface area contributed by atoms with Crippen molar-refractivity contribution in [1.29, 1.82) is 0 Å². The summed E-state index contributed by atoms with van der Waals surface area (Å²) in [6, 6.07) is 3.76. The van der Waals surface area contributed by atoms with Gasteiger partial charge in [-0.05, 0) is 40.9 Å². The van der Waals surface area contributed by atoms with Crippen LogP contribution in [-0.2, 0) is 0 Å². The first-order valence-electron chi connectivity index (χ1n) is 4.26. The molecule has 0 radical (unpaired) electrons. The molecule has 66 valence electrons. The fourth-order valence-electron chi connectivity index (χ4n) is 1.32. The zero-order valence-electron chi connectivity index (χ0n) is 6.83. The van der Waals surface area contributed by atoms with Crippen LogP contribution >= 0.6 is 15.9 Å². The average molecular weight is 239 g/mol. The summed E-state index contributed by atoms with van der Waals surface area (Å²) < 4.78 is 6.35. The zero-order valence-corrected chi connectivity index (χ0v) is 8.41. The first-order valence-corrected chi connectivity index (χ1v) is 5.05. The standard InChI is InChI=1S/C9H7BrN2O/c10-7-4-3-6-8(11-7)12-9(13-6)5-1-2-5/h3-5H,1-2H2. The monoisotopic (exact) mass is 238 g/mol. The molecule has 4 heteroatoms. The normalized spacial score (nSPS) is 16.7. The first-order chi connectivity index (χ1) is 6.33. The first kappa shape index (κ1) is 7.50. The van der Waals surface area contributed by atoms with Gasteiger partial charge in [-0.1, -0.05) is 0 Å². The lowest BCUT2D eigenvalue weighted by Gasteiger charge is -1.85. The van der Waals surface area contributed by atoms with Gasteiger partial charge in [0.25, 0.3) is 0 Å². The highest BCUT2D eigenvalue weighted by Gasteiger charge is 2.29. The Labute approximate surface area is 83.3 Å². The van der Waals surface area contributed by atoms with Crippen LogP contribution in [0.25, 0.3) is 11.2 Å². The number of fused-ring (bicyclic) bond motifs is 1. The summed E-state index contributed by atoms with van der Waals surface area (Å²) >= 11 is 3.30. The Hall–Kier alpha value is -0.900. The molecule has 0 amide bonds. The Balaban J connectivity index is 2.20. The van der Waals surface area contributed by atoms with Crippen molar-refractivity contribution in [1.82, 2.24) is 9.97 Å². The molecule has 13 heavy (non-hydrogen) atoms. The predicted octanol–water partition coefficient (Wildman–Crippen LogP) is 2.86. The summed E-state index contributed by atoms with van der Waals surface area (Å²) in [7, 11) is 0. The number of hydrogen-bond acceptors (Lipinski definition) is 3. The molecule has 1 aliphatic carbocycles. The summed E-state index contributed by atoms with van der Waals surface area (Å²) in [4.78, 5) is 8.55. The Morgan fingerprint density at radius 3 is 2.92 bits per heavy atom. The molecule has 0 N–H and O–H groups in total. The van der Waals surface area contributed by atoms with Crippen LogP contribution in [0.5, 0.6) is 0 Å². The van der Waals surface area contributed by atoms with Gasteiger partial charge in [0.1, 0.15) is 4.60 Å². The van der Waals surface area contributed by atoms with E-state index in [2.05, 4.69) is 25.9 Å². The van der Waals surface area contributed by atoms with Crippen LogP contribution in [-0.4, -0.2) is 9.97 Å². The fraction of sp³-hybridized carbons (Fsp3) is 0.333. The quantitative estimate of drug-likeness (QED) is 0.718. The average Bonchev–Trinajstić information content (AvgIpc) is 2.87. The highest BCUT2D eigenvalue weighted by atomic mass is 79.9. The number of hydrogen-bond donors (Lipinski definition) is 0. The van der Waals surface area contributed by atoms with Crippen LogP contribution in [0, 0.1) is 0 Å². The van der Waals surface area contributed by atoms with Crippen molar-refractivity contribution < 1.29 is 4.42 Å². The highest BCUT2D eigenvalue weighted by Crippen LogP contribution is 2.40. The molecular weight excluding hydrogens is 232 g/mol. The molecule has 1 aliphatic rings. The van der Waals surface area contributed by atoms with Crippen molar-refractivity contribution in [3.05, 3.63) is 22.6 Å². The Morgan fingerprint density at radius 1 is 1.31 bits per heavy atom. The lowest BCUT2D eigenvalue weighted by atomic mass is 10.4. The van der Waals surface area contributed by atoms with E-state index in [0.717, 1.165) is 16.1 Å². The maximum absolute atomic E-state index is 5.55. The second-order valence-corrected chi connectivity index (χ2v) is 4.09. The third-order valence-corrected chi connectivity index (χ3v) is 2.60. The number of aromatic nitrogens is 2. The molecule has 0 spiro atoms. The molecule has 2 heterocycles. The summed E-state index contributed by atoms with van der Waals surface area (Å²) in [5.74, 6) is 1.40. The van der Waals surface area contributed by atoms with Crippen LogP contribution in [0.3, 0.4) is 0 Å². The van der Waals surface area contributed by atoms with Gasteiger partial charge in [0.2, 0.25) is 0 Å². The lowest BCUT2D eigenvalue weighted by molar-refractivity contribution is 0.533. The summed E-state index contributed by atoms with van der Waals surface area (Å²) in [6.45, 7) is 0. The van der Waals surface area contributed by atoms with Gasteiger partial charge in [0.05, 0.1) is 0 Å². The fourth-order valence-corrected chi connectivity index (χ4v) is 1.62. The minimum absolute atomic E-state index is 0.549. The minimum Gasteiger partial charge on any atom is -0.439 e. The number of nitrogens with zero attached hydrogens (tertiary/aromatic N) is 2. The van der Waals surface area contributed by atoms with E-state index < -0.39 is 0 Å². The molecule has 3 nitrogen and oxygen atoms in total. The van der Waals surface area contributed by atoms with Crippen LogP contribution in [0.1, 0.15) is 24.7 Å². The van der Waals surface area contributed by atoms with E-state index in [4.69, 9.17) is 4.42 Å². The van der Waals surface area contributed by atoms with Gasteiger partial charge in [-0.2, -0.15) is 4.98 Å². The predicted molar refractivity (Wildman–Crippen MR) is 51.5 cm³/mol. The molecule has 0 saturated heterocycles. The van der Waals surface area contributed by atoms with Gasteiger partial charge < -0.3 is 4.42 Å². The summed E-state index contributed by atoms with van der Waals surface area (Å²) in [5.41, 5.74) is 1.49. The van der Waals surface area contributed by atoms with Crippen molar-refractivity contribution in [3.8, 4) is 0 Å². The van der Waals surface area contributed by atoms with Gasteiger partial charge in [-0.15, -0.1) is 0 Å². The Kier molecular flexibility index (Phi) is 1.47. The van der Waals surface area contributed by atoms with Crippen molar-refractivity contribution in [2.45, 2.75) is 18.8 Å². The molecule has 3 rings (SSSR count). The largest absolute Gasteiger partial charge is 0.439 e. The number of rotatable bonds is 1. The van der Waals surface area contributed by atoms with Crippen molar-refractivity contribution >= 4 is 27.2 Å². The summed E-state index contributed by atoms with van der Waals surface area (Å²) in [6.07, 6.45) is 2.40. The minimum atomic E-state index is 0.549. The molecule has 1 saturated carbocycles. The molecular formula is C9H7BrN2O. The molecule has 0 bridgehead atoms. The van der Waals surface area contributed by atoms with Gasteiger partial charge in [0, 0.05) is 5.92 Å². The van der Waals surface area contributed by atoms with Crippen LogP contribution in [0.4, 0.5) is 0 Å². The van der Waals surface area contributed by atoms with Crippen LogP contribution < -0.4 is 0 Å².